The topological polar surface area (TPSA) is 48.8 Å². The van der Waals surface area contributed by atoms with E-state index in [9.17, 15) is 0 Å². The summed E-state index contributed by atoms with van der Waals surface area (Å²) in [7, 11) is 0. The Morgan fingerprint density at radius 2 is 2.20 bits per heavy atom. The van der Waals surface area contributed by atoms with Gasteiger partial charge in [-0.25, -0.2) is 0 Å². The minimum atomic E-state index is 0.412. The van der Waals surface area contributed by atoms with Crippen LogP contribution in [-0.4, -0.2) is 6.54 Å². The summed E-state index contributed by atoms with van der Waals surface area (Å²) in [5, 5.41) is 3.40. The first-order valence-corrected chi connectivity index (χ1v) is 5.77. The maximum atomic E-state index is 8.06. The Bertz CT molecular complexity index is 453. The average molecular weight is 329 g/mol. The van der Waals surface area contributed by atoms with Crippen molar-refractivity contribution in [3.8, 4) is 11.8 Å². The fraction of sp³-hybridized carbons (Fsp3) is 0.200. The van der Waals surface area contributed by atoms with Gasteiger partial charge in [-0.3, -0.25) is 0 Å². The third-order valence-corrected chi connectivity index (χ3v) is 2.74. The number of hydrogen-bond acceptors (Lipinski definition) is 1. The van der Waals surface area contributed by atoms with Crippen molar-refractivity contribution in [3.63, 3.8) is 0 Å². The van der Waals surface area contributed by atoms with Gasteiger partial charge < -0.3 is 0 Å². The Kier molecular flexibility index (Phi) is 5.27. The van der Waals surface area contributed by atoms with Crippen LogP contribution in [0.3, 0.4) is 0 Å². The zero-order chi connectivity index (χ0) is 11.1. The normalized spacial score (nSPS) is 8.67. The summed E-state index contributed by atoms with van der Waals surface area (Å²) in [5.41, 5.74) is 8.98. The Morgan fingerprint density at radius 1 is 1.40 bits per heavy atom. The molecule has 0 heterocycles. The molecule has 3 nitrogen and oxygen atoms in total. The van der Waals surface area contributed by atoms with Crippen LogP contribution < -0.4 is 0 Å². The summed E-state index contributed by atoms with van der Waals surface area (Å²) >= 11 is 6.78. The lowest BCUT2D eigenvalue weighted by Gasteiger charge is -1.96. The summed E-state index contributed by atoms with van der Waals surface area (Å²) in [4.78, 5) is 2.65. The van der Waals surface area contributed by atoms with E-state index in [0.29, 0.717) is 13.0 Å². The van der Waals surface area contributed by atoms with Crippen LogP contribution in [0.25, 0.3) is 10.4 Å². The van der Waals surface area contributed by atoms with Crippen molar-refractivity contribution in [2.75, 3.05) is 6.54 Å². The molecule has 0 N–H and O–H groups in total. The lowest BCUT2D eigenvalue weighted by Crippen LogP contribution is -1.79. The molecule has 1 aromatic carbocycles. The number of azide groups is 1. The second-order valence-corrected chi connectivity index (χ2v) is 4.40. The molecule has 76 valence electrons. The molecule has 0 aliphatic carbocycles. The summed E-state index contributed by atoms with van der Waals surface area (Å²) in [6, 6.07) is 5.81. The van der Waals surface area contributed by atoms with E-state index in [-0.39, 0.29) is 0 Å². The number of rotatable bonds is 2. The summed E-state index contributed by atoms with van der Waals surface area (Å²) in [6.45, 7) is 0.412. The Hall–Kier alpha value is -0.950. The third-order valence-electron chi connectivity index (χ3n) is 1.55. The predicted molar refractivity (Wildman–Crippen MR) is 67.4 cm³/mol. The van der Waals surface area contributed by atoms with Gasteiger partial charge in [-0.1, -0.05) is 32.9 Å². The first-order valence-electron chi connectivity index (χ1n) is 4.19. The standard InChI is InChI=1S/C10H7Br2N3/c11-9-4-5-10(12)8(7-9)3-1-2-6-14-15-13/h4-5,7H,2,6H2. The molecule has 0 unspecified atom stereocenters. The SMILES string of the molecule is [N-]=[N+]=NCCC#Cc1cc(Br)ccc1Br. The Morgan fingerprint density at radius 3 is 2.93 bits per heavy atom. The van der Waals surface area contributed by atoms with Gasteiger partial charge in [-0.2, -0.15) is 0 Å². The van der Waals surface area contributed by atoms with Crippen molar-refractivity contribution in [3.05, 3.63) is 43.2 Å². The van der Waals surface area contributed by atoms with Crippen molar-refractivity contribution in [1.82, 2.24) is 0 Å². The average Bonchev–Trinajstić information content (AvgIpc) is 2.23. The Balaban J connectivity index is 2.70. The largest absolute Gasteiger partial charge is 0.0977 e. The molecule has 0 radical (unpaired) electrons. The molecule has 0 atom stereocenters. The second-order valence-electron chi connectivity index (χ2n) is 2.63. The van der Waals surface area contributed by atoms with Gasteiger partial charge in [0.05, 0.1) is 0 Å². The fourth-order valence-corrected chi connectivity index (χ4v) is 1.61. The maximum absolute atomic E-state index is 8.06. The molecule has 15 heavy (non-hydrogen) atoms. The van der Waals surface area contributed by atoms with E-state index in [0.717, 1.165) is 14.5 Å². The van der Waals surface area contributed by atoms with Crippen LogP contribution in [0.1, 0.15) is 12.0 Å². The minimum absolute atomic E-state index is 0.412. The lowest BCUT2D eigenvalue weighted by atomic mass is 10.2. The van der Waals surface area contributed by atoms with Crippen LogP contribution >= 0.6 is 31.9 Å². The van der Waals surface area contributed by atoms with Gasteiger partial charge in [-0.05, 0) is 39.7 Å². The van der Waals surface area contributed by atoms with Crippen LogP contribution in [0.5, 0.6) is 0 Å². The molecule has 0 saturated carbocycles. The van der Waals surface area contributed by atoms with Crippen molar-refractivity contribution in [2.45, 2.75) is 6.42 Å². The maximum Gasteiger partial charge on any atom is 0.0398 e. The molecule has 0 bridgehead atoms. The van der Waals surface area contributed by atoms with Gasteiger partial charge >= 0.3 is 0 Å². The minimum Gasteiger partial charge on any atom is -0.0977 e. The van der Waals surface area contributed by atoms with Gasteiger partial charge in [-0.15, -0.1) is 0 Å². The van der Waals surface area contributed by atoms with Gasteiger partial charge in [0.25, 0.3) is 0 Å². The van der Waals surface area contributed by atoms with Gasteiger partial charge in [0.15, 0.2) is 0 Å². The van der Waals surface area contributed by atoms with Crippen LogP contribution in [-0.2, 0) is 0 Å². The van der Waals surface area contributed by atoms with Crippen LogP contribution in [0.2, 0.25) is 0 Å². The van der Waals surface area contributed by atoms with Crippen molar-refractivity contribution < 1.29 is 0 Å². The molecule has 0 fully saturated rings. The molecule has 0 aliphatic rings. The molecule has 0 aliphatic heterocycles. The van der Waals surface area contributed by atoms with Crippen LogP contribution in [0.15, 0.2) is 32.3 Å². The summed E-state index contributed by atoms with van der Waals surface area (Å²) in [5.74, 6) is 5.94. The zero-order valence-electron chi connectivity index (χ0n) is 7.74. The van der Waals surface area contributed by atoms with Crippen molar-refractivity contribution in [1.29, 1.82) is 0 Å². The van der Waals surface area contributed by atoms with Gasteiger partial charge in [0.2, 0.25) is 0 Å². The molecular formula is C10H7Br2N3. The van der Waals surface area contributed by atoms with E-state index < -0.39 is 0 Å². The van der Waals surface area contributed by atoms with Gasteiger partial charge in [0.1, 0.15) is 0 Å². The second kappa shape index (κ2) is 6.52. The summed E-state index contributed by atoms with van der Waals surface area (Å²) < 4.78 is 1.95. The van der Waals surface area contributed by atoms with E-state index >= 15 is 0 Å². The molecule has 0 aromatic heterocycles. The van der Waals surface area contributed by atoms with E-state index in [1.165, 1.54) is 0 Å². The fourth-order valence-electron chi connectivity index (χ4n) is 0.902. The van der Waals surface area contributed by atoms with E-state index in [2.05, 4.69) is 53.7 Å². The number of nitrogens with zero attached hydrogens (tertiary/aromatic N) is 3. The smallest absolute Gasteiger partial charge is 0.0398 e. The monoisotopic (exact) mass is 327 g/mol. The highest BCUT2D eigenvalue weighted by Crippen LogP contribution is 2.20. The highest BCUT2D eigenvalue weighted by atomic mass is 79.9. The van der Waals surface area contributed by atoms with E-state index in [4.69, 9.17) is 5.53 Å². The molecular weight excluding hydrogens is 322 g/mol. The van der Waals surface area contributed by atoms with Gasteiger partial charge in [0, 0.05) is 32.4 Å². The molecule has 5 heteroatoms. The van der Waals surface area contributed by atoms with Crippen molar-refractivity contribution >= 4 is 31.9 Å². The Labute approximate surface area is 105 Å². The number of halogens is 2. The first kappa shape index (κ1) is 12.1. The van der Waals surface area contributed by atoms with E-state index in [1.807, 2.05) is 18.2 Å². The quantitative estimate of drug-likeness (QED) is 0.256. The van der Waals surface area contributed by atoms with Crippen LogP contribution in [0.4, 0.5) is 0 Å². The molecule has 0 amide bonds. The first-order chi connectivity index (χ1) is 7.24. The number of benzene rings is 1. The van der Waals surface area contributed by atoms with Crippen molar-refractivity contribution in [2.24, 2.45) is 5.11 Å². The highest BCUT2D eigenvalue weighted by molar-refractivity contribution is 9.11. The third kappa shape index (κ3) is 4.39. The van der Waals surface area contributed by atoms with Crippen LogP contribution in [0, 0.1) is 11.8 Å². The predicted octanol–water partition coefficient (Wildman–Crippen LogP) is 4.26. The molecule has 1 aromatic rings. The van der Waals surface area contributed by atoms with E-state index in [1.54, 1.807) is 0 Å². The molecule has 1 rings (SSSR count). The number of hydrogen-bond donors (Lipinski definition) is 0. The highest BCUT2D eigenvalue weighted by Gasteiger charge is 1.95. The molecule has 0 spiro atoms. The summed E-state index contributed by atoms with van der Waals surface area (Å²) in [6.07, 6.45) is 0.572. The zero-order valence-corrected chi connectivity index (χ0v) is 10.9. The molecule has 0 saturated heterocycles. The lowest BCUT2D eigenvalue weighted by molar-refractivity contribution is 1.01.